The van der Waals surface area contributed by atoms with Gasteiger partial charge < -0.3 is 16.0 Å². The molecule has 126 valence electrons. The van der Waals surface area contributed by atoms with E-state index in [0.29, 0.717) is 19.0 Å². The van der Waals surface area contributed by atoms with Crippen molar-refractivity contribution in [1.29, 1.82) is 0 Å². The van der Waals surface area contributed by atoms with Crippen LogP contribution in [0.5, 0.6) is 0 Å². The first-order valence-electron chi connectivity index (χ1n) is 8.64. The van der Waals surface area contributed by atoms with Crippen molar-refractivity contribution in [2.75, 3.05) is 13.1 Å². The van der Waals surface area contributed by atoms with E-state index < -0.39 is 6.03 Å². The Morgan fingerprint density at radius 3 is 2.41 bits per heavy atom. The molecule has 1 saturated carbocycles. The van der Waals surface area contributed by atoms with Crippen molar-refractivity contribution in [3.63, 3.8) is 0 Å². The Hall–Kier alpha value is -1.26. The summed E-state index contributed by atoms with van der Waals surface area (Å²) in [5.41, 5.74) is 5.56. The molecule has 0 aromatic heterocycles. The first-order chi connectivity index (χ1) is 10.3. The number of carbonyl (C=O) groups is 2. The minimum atomic E-state index is -0.414. The molecule has 2 fully saturated rings. The van der Waals surface area contributed by atoms with Crippen LogP contribution in [0.2, 0.25) is 0 Å². The fourth-order valence-electron chi connectivity index (χ4n) is 4.03. The van der Waals surface area contributed by atoms with Gasteiger partial charge in [0, 0.05) is 19.1 Å². The Kier molecular flexibility index (Phi) is 5.35. The van der Waals surface area contributed by atoms with Crippen LogP contribution in [0.25, 0.3) is 0 Å². The molecule has 0 radical (unpaired) electrons. The van der Waals surface area contributed by atoms with Gasteiger partial charge in [-0.25, -0.2) is 4.79 Å². The number of likely N-dealkylation sites (tertiary alicyclic amines) is 1. The van der Waals surface area contributed by atoms with E-state index in [1.54, 1.807) is 4.90 Å². The zero-order chi connectivity index (χ0) is 16.3. The molecule has 22 heavy (non-hydrogen) atoms. The fourth-order valence-corrected chi connectivity index (χ4v) is 4.03. The summed E-state index contributed by atoms with van der Waals surface area (Å²) in [6.07, 6.45) is 6.41. The minimum absolute atomic E-state index is 0.104. The Morgan fingerprint density at radius 2 is 1.77 bits per heavy atom. The number of urea groups is 1. The lowest BCUT2D eigenvalue weighted by Gasteiger charge is -2.41. The molecule has 5 heteroatoms. The first kappa shape index (κ1) is 17.1. The van der Waals surface area contributed by atoms with Crippen molar-refractivity contribution in [3.05, 3.63) is 0 Å². The second kappa shape index (κ2) is 6.88. The maximum absolute atomic E-state index is 12.6. The third kappa shape index (κ3) is 4.14. The average molecular weight is 309 g/mol. The number of amides is 3. The molecular formula is C17H31N3O2. The van der Waals surface area contributed by atoms with Crippen molar-refractivity contribution in [2.24, 2.45) is 23.0 Å². The van der Waals surface area contributed by atoms with Gasteiger partial charge in [-0.3, -0.25) is 4.79 Å². The van der Waals surface area contributed by atoms with E-state index in [9.17, 15) is 9.59 Å². The van der Waals surface area contributed by atoms with Gasteiger partial charge in [-0.1, -0.05) is 33.6 Å². The minimum Gasteiger partial charge on any atom is -0.353 e. The van der Waals surface area contributed by atoms with Crippen molar-refractivity contribution < 1.29 is 9.59 Å². The maximum Gasteiger partial charge on any atom is 0.314 e. The van der Waals surface area contributed by atoms with Gasteiger partial charge in [0.15, 0.2) is 0 Å². The highest BCUT2D eigenvalue weighted by molar-refractivity contribution is 5.80. The molecule has 0 aromatic carbocycles. The Labute approximate surface area is 134 Å². The number of carbonyl (C=O) groups excluding carboxylic acids is 2. The summed E-state index contributed by atoms with van der Waals surface area (Å²) in [7, 11) is 0. The van der Waals surface area contributed by atoms with Crippen LogP contribution in [0.4, 0.5) is 4.79 Å². The van der Waals surface area contributed by atoms with Gasteiger partial charge in [-0.15, -0.1) is 0 Å². The average Bonchev–Trinajstić information content (AvgIpc) is 2.46. The molecule has 3 atom stereocenters. The summed E-state index contributed by atoms with van der Waals surface area (Å²) in [4.78, 5) is 25.5. The van der Waals surface area contributed by atoms with E-state index in [0.717, 1.165) is 19.3 Å². The van der Waals surface area contributed by atoms with E-state index in [1.807, 2.05) is 0 Å². The van der Waals surface area contributed by atoms with Crippen LogP contribution in [0.1, 0.15) is 59.3 Å². The smallest absolute Gasteiger partial charge is 0.314 e. The molecule has 3 N–H and O–H groups in total. The standard InChI is InChI=1S/C17H31N3O2/c1-17(2,3)13-8-4-5-9-14(13)19-15(21)12-7-6-10-20(11-12)16(18)22/h12-14H,4-11H2,1-3H3,(H2,18,22)(H,19,21). The first-order valence-corrected chi connectivity index (χ1v) is 8.64. The highest BCUT2D eigenvalue weighted by atomic mass is 16.2. The predicted octanol–water partition coefficient (Wildman–Crippen LogP) is 2.50. The van der Waals surface area contributed by atoms with Gasteiger partial charge >= 0.3 is 6.03 Å². The SMILES string of the molecule is CC(C)(C)C1CCCCC1NC(=O)C1CCCN(C(N)=O)C1. The number of rotatable bonds is 2. The number of hydrogen-bond donors (Lipinski definition) is 2. The summed E-state index contributed by atoms with van der Waals surface area (Å²) >= 11 is 0. The summed E-state index contributed by atoms with van der Waals surface area (Å²) in [5, 5.41) is 3.29. The number of nitrogens with two attached hydrogens (primary N) is 1. The summed E-state index contributed by atoms with van der Waals surface area (Å²) in [6.45, 7) is 7.92. The molecule has 5 nitrogen and oxygen atoms in total. The predicted molar refractivity (Wildman–Crippen MR) is 87.2 cm³/mol. The second-order valence-corrected chi connectivity index (χ2v) is 8.00. The second-order valence-electron chi connectivity index (χ2n) is 8.00. The third-order valence-corrected chi connectivity index (χ3v) is 5.31. The van der Waals surface area contributed by atoms with E-state index in [4.69, 9.17) is 5.73 Å². The molecular weight excluding hydrogens is 278 g/mol. The van der Waals surface area contributed by atoms with Gasteiger partial charge in [-0.2, -0.15) is 0 Å². The molecule has 0 aromatic rings. The molecule has 1 aliphatic heterocycles. The molecule has 1 aliphatic carbocycles. The highest BCUT2D eigenvalue weighted by Crippen LogP contribution is 2.38. The number of primary amides is 1. The molecule has 1 saturated heterocycles. The van der Waals surface area contributed by atoms with E-state index >= 15 is 0 Å². The van der Waals surface area contributed by atoms with Crippen molar-refractivity contribution >= 4 is 11.9 Å². The van der Waals surface area contributed by atoms with Gasteiger partial charge in [0.2, 0.25) is 5.91 Å². The molecule has 1 heterocycles. The van der Waals surface area contributed by atoms with E-state index in [2.05, 4.69) is 26.1 Å². The van der Waals surface area contributed by atoms with Crippen LogP contribution < -0.4 is 11.1 Å². The summed E-state index contributed by atoms with van der Waals surface area (Å²) in [5.74, 6) is 0.525. The molecule has 3 unspecified atom stereocenters. The van der Waals surface area contributed by atoms with Crippen LogP contribution in [-0.2, 0) is 4.79 Å². The van der Waals surface area contributed by atoms with Gasteiger partial charge in [0.25, 0.3) is 0 Å². The van der Waals surface area contributed by atoms with Crippen molar-refractivity contribution in [1.82, 2.24) is 10.2 Å². The summed E-state index contributed by atoms with van der Waals surface area (Å²) < 4.78 is 0. The lowest BCUT2D eigenvalue weighted by molar-refractivity contribution is -0.128. The largest absolute Gasteiger partial charge is 0.353 e. The van der Waals surface area contributed by atoms with Crippen LogP contribution in [0.15, 0.2) is 0 Å². The van der Waals surface area contributed by atoms with Gasteiger partial charge in [0.05, 0.1) is 5.92 Å². The zero-order valence-corrected chi connectivity index (χ0v) is 14.2. The number of nitrogens with one attached hydrogen (secondary N) is 1. The molecule has 0 spiro atoms. The van der Waals surface area contributed by atoms with Crippen LogP contribution >= 0.6 is 0 Å². The van der Waals surface area contributed by atoms with E-state index in [1.165, 1.54) is 19.3 Å². The maximum atomic E-state index is 12.6. The molecule has 3 amide bonds. The van der Waals surface area contributed by atoms with Crippen molar-refractivity contribution in [2.45, 2.75) is 65.3 Å². The monoisotopic (exact) mass is 309 g/mol. The number of nitrogens with zero attached hydrogens (tertiary/aromatic N) is 1. The van der Waals surface area contributed by atoms with E-state index in [-0.39, 0.29) is 23.3 Å². The topological polar surface area (TPSA) is 75.4 Å². The Balaban J connectivity index is 1.96. The quantitative estimate of drug-likeness (QED) is 0.822. The lowest BCUT2D eigenvalue weighted by Crippen LogP contribution is -2.52. The van der Waals surface area contributed by atoms with Crippen LogP contribution in [0.3, 0.4) is 0 Å². The summed E-state index contributed by atoms with van der Waals surface area (Å²) in [6, 6.07) is -0.145. The zero-order valence-electron chi connectivity index (χ0n) is 14.2. The van der Waals surface area contributed by atoms with Gasteiger partial charge in [0.1, 0.15) is 0 Å². The van der Waals surface area contributed by atoms with Gasteiger partial charge in [-0.05, 0) is 37.0 Å². The van der Waals surface area contributed by atoms with Crippen molar-refractivity contribution in [3.8, 4) is 0 Å². The number of piperidine rings is 1. The van der Waals surface area contributed by atoms with Crippen LogP contribution in [0, 0.1) is 17.3 Å². The normalized spacial score (nSPS) is 30.0. The lowest BCUT2D eigenvalue weighted by atomic mass is 9.69. The third-order valence-electron chi connectivity index (χ3n) is 5.31. The molecule has 2 aliphatic rings. The van der Waals surface area contributed by atoms with Crippen LogP contribution in [-0.4, -0.2) is 36.0 Å². The Morgan fingerprint density at radius 1 is 1.09 bits per heavy atom. The molecule has 0 bridgehead atoms. The number of hydrogen-bond acceptors (Lipinski definition) is 2. The fraction of sp³-hybridized carbons (Fsp3) is 0.882. The Bertz CT molecular complexity index is 417. The molecule has 2 rings (SSSR count). The highest BCUT2D eigenvalue weighted by Gasteiger charge is 2.36.